The first kappa shape index (κ1) is 21.0. The topological polar surface area (TPSA) is 86.3 Å². The van der Waals surface area contributed by atoms with Gasteiger partial charge in [-0.3, -0.25) is 20.2 Å². The molecule has 0 N–H and O–H groups in total. The molecule has 0 aromatic heterocycles. The summed E-state index contributed by atoms with van der Waals surface area (Å²) in [5.74, 6) is 0. The molecular formula is C12H12I2N2O4. The van der Waals surface area contributed by atoms with Crippen molar-refractivity contribution in [1.82, 2.24) is 0 Å². The van der Waals surface area contributed by atoms with Gasteiger partial charge in [0.1, 0.15) is 0 Å². The Labute approximate surface area is 149 Å². The summed E-state index contributed by atoms with van der Waals surface area (Å²) in [5, 5.41) is 20.0. The summed E-state index contributed by atoms with van der Waals surface area (Å²) in [4.78, 5) is 19.2. The standard InChI is InChI=1S/2C6H5NO2.2HI/c2*8-7(9)6-4-2-1-3-5-6;;/h2*1-5H;2*1H. The molecule has 0 aliphatic carbocycles. The molecule has 20 heavy (non-hydrogen) atoms. The molecule has 2 rings (SSSR count). The molecule has 6 nitrogen and oxygen atoms in total. The lowest BCUT2D eigenvalue weighted by Gasteiger charge is -1.85. The fraction of sp³-hybridized carbons (Fsp3) is 0. The van der Waals surface area contributed by atoms with E-state index in [0.717, 1.165) is 0 Å². The fourth-order valence-electron chi connectivity index (χ4n) is 1.10. The third-order valence-corrected chi connectivity index (χ3v) is 1.93. The van der Waals surface area contributed by atoms with Gasteiger partial charge in [-0.2, -0.15) is 0 Å². The second kappa shape index (κ2) is 11.5. The molecule has 0 amide bonds. The zero-order chi connectivity index (χ0) is 13.4. The maximum absolute atomic E-state index is 10.0. The fourth-order valence-corrected chi connectivity index (χ4v) is 1.10. The average Bonchev–Trinajstić information content (AvgIpc) is 2.41. The van der Waals surface area contributed by atoms with Crippen molar-refractivity contribution in [2.45, 2.75) is 0 Å². The molecule has 8 heteroatoms. The quantitative estimate of drug-likeness (QED) is 0.346. The van der Waals surface area contributed by atoms with Crippen molar-refractivity contribution in [1.29, 1.82) is 0 Å². The van der Waals surface area contributed by atoms with Gasteiger partial charge in [0.2, 0.25) is 0 Å². The Hall–Kier alpha value is -1.30. The average molecular weight is 502 g/mol. The zero-order valence-electron chi connectivity index (χ0n) is 10.1. The second-order valence-corrected chi connectivity index (χ2v) is 3.19. The summed E-state index contributed by atoms with van der Waals surface area (Å²) >= 11 is 0. The number of halogens is 2. The van der Waals surface area contributed by atoms with Crippen LogP contribution in [0.5, 0.6) is 0 Å². The Morgan fingerprint density at radius 3 is 1.00 bits per heavy atom. The van der Waals surface area contributed by atoms with E-state index in [0.29, 0.717) is 0 Å². The minimum Gasteiger partial charge on any atom is -0.258 e. The van der Waals surface area contributed by atoms with E-state index in [9.17, 15) is 20.2 Å². The molecule has 0 aliphatic rings. The zero-order valence-corrected chi connectivity index (χ0v) is 14.8. The third-order valence-electron chi connectivity index (χ3n) is 1.93. The Morgan fingerprint density at radius 2 is 0.850 bits per heavy atom. The van der Waals surface area contributed by atoms with Gasteiger partial charge in [-0.05, 0) is 0 Å². The van der Waals surface area contributed by atoms with Gasteiger partial charge in [0.25, 0.3) is 11.4 Å². The summed E-state index contributed by atoms with van der Waals surface area (Å²) < 4.78 is 0. The van der Waals surface area contributed by atoms with Crippen LogP contribution in [0.4, 0.5) is 11.4 Å². The van der Waals surface area contributed by atoms with Crippen LogP contribution in [-0.4, -0.2) is 9.85 Å². The number of para-hydroxylation sites is 2. The molecule has 0 saturated heterocycles. The third kappa shape index (κ3) is 7.99. The summed E-state index contributed by atoms with van der Waals surface area (Å²) in [6, 6.07) is 15.9. The monoisotopic (exact) mass is 502 g/mol. The Kier molecular flexibility index (Phi) is 12.1. The van der Waals surface area contributed by atoms with Crippen LogP contribution in [0, 0.1) is 20.2 Å². The molecule has 2 aromatic carbocycles. The normalized spacial score (nSPS) is 8.00. The van der Waals surface area contributed by atoms with Crippen LogP contribution in [0.15, 0.2) is 60.7 Å². The van der Waals surface area contributed by atoms with Crippen LogP contribution in [0.1, 0.15) is 0 Å². The molecule has 2 aromatic rings. The number of nitrogens with zero attached hydrogens (tertiary/aromatic N) is 2. The van der Waals surface area contributed by atoms with Gasteiger partial charge in [0.15, 0.2) is 0 Å². The van der Waals surface area contributed by atoms with Crippen molar-refractivity contribution in [2.24, 2.45) is 0 Å². The summed E-state index contributed by atoms with van der Waals surface area (Å²) in [6.07, 6.45) is 0. The number of rotatable bonds is 2. The molecule has 108 valence electrons. The molecule has 0 radical (unpaired) electrons. The summed E-state index contributed by atoms with van der Waals surface area (Å²) in [5.41, 5.74) is 0.273. The van der Waals surface area contributed by atoms with Gasteiger partial charge in [0, 0.05) is 24.3 Å². The number of benzene rings is 2. The van der Waals surface area contributed by atoms with E-state index in [1.54, 1.807) is 36.4 Å². The minimum absolute atomic E-state index is 0. The van der Waals surface area contributed by atoms with Crippen LogP contribution in [0.2, 0.25) is 0 Å². The van der Waals surface area contributed by atoms with E-state index >= 15 is 0 Å². The van der Waals surface area contributed by atoms with Crippen LogP contribution in [-0.2, 0) is 0 Å². The van der Waals surface area contributed by atoms with Crippen LogP contribution < -0.4 is 0 Å². The number of hydrogen-bond donors (Lipinski definition) is 0. The molecule has 0 aliphatic heterocycles. The predicted molar refractivity (Wildman–Crippen MR) is 97.0 cm³/mol. The van der Waals surface area contributed by atoms with Gasteiger partial charge in [-0.15, -0.1) is 48.0 Å². The number of nitro benzene ring substituents is 2. The first-order valence-corrected chi connectivity index (χ1v) is 5.00. The Balaban J connectivity index is 0. The van der Waals surface area contributed by atoms with Gasteiger partial charge < -0.3 is 0 Å². The van der Waals surface area contributed by atoms with Crippen LogP contribution >= 0.6 is 48.0 Å². The van der Waals surface area contributed by atoms with E-state index in [1.807, 2.05) is 0 Å². The van der Waals surface area contributed by atoms with E-state index in [-0.39, 0.29) is 59.3 Å². The highest BCUT2D eigenvalue weighted by Crippen LogP contribution is 2.07. The van der Waals surface area contributed by atoms with Gasteiger partial charge in [-0.1, -0.05) is 36.4 Å². The van der Waals surface area contributed by atoms with Crippen molar-refractivity contribution in [3.05, 3.63) is 80.9 Å². The van der Waals surface area contributed by atoms with Crippen molar-refractivity contribution in [2.75, 3.05) is 0 Å². The molecule has 0 bridgehead atoms. The van der Waals surface area contributed by atoms with Crippen LogP contribution in [0.3, 0.4) is 0 Å². The Morgan fingerprint density at radius 1 is 0.600 bits per heavy atom. The lowest BCUT2D eigenvalue weighted by molar-refractivity contribution is -0.385. The minimum atomic E-state index is -0.417. The van der Waals surface area contributed by atoms with E-state index in [2.05, 4.69) is 0 Å². The highest BCUT2D eigenvalue weighted by molar-refractivity contribution is 14.0. The SMILES string of the molecule is I.I.O=[N+]([O-])c1ccccc1.O=[N+]([O-])c1ccccc1. The molecule has 0 spiro atoms. The number of nitro groups is 2. The molecular weight excluding hydrogens is 490 g/mol. The highest BCUT2D eigenvalue weighted by atomic mass is 127. The molecule has 0 heterocycles. The maximum Gasteiger partial charge on any atom is 0.269 e. The van der Waals surface area contributed by atoms with Crippen LogP contribution in [0.25, 0.3) is 0 Å². The predicted octanol–water partition coefficient (Wildman–Crippen LogP) is 4.43. The van der Waals surface area contributed by atoms with Gasteiger partial charge >= 0.3 is 0 Å². The highest BCUT2D eigenvalue weighted by Gasteiger charge is 1.99. The molecule has 0 fully saturated rings. The smallest absolute Gasteiger partial charge is 0.258 e. The lowest BCUT2D eigenvalue weighted by Crippen LogP contribution is -1.84. The van der Waals surface area contributed by atoms with E-state index < -0.39 is 9.85 Å². The summed E-state index contributed by atoms with van der Waals surface area (Å²) in [7, 11) is 0. The molecule has 0 atom stereocenters. The summed E-state index contributed by atoms with van der Waals surface area (Å²) in [6.45, 7) is 0. The van der Waals surface area contributed by atoms with Crippen molar-refractivity contribution >= 4 is 59.3 Å². The van der Waals surface area contributed by atoms with Crippen molar-refractivity contribution in [3.63, 3.8) is 0 Å². The van der Waals surface area contributed by atoms with Gasteiger partial charge in [0.05, 0.1) is 9.85 Å². The molecule has 0 saturated carbocycles. The number of hydrogen-bond acceptors (Lipinski definition) is 4. The second-order valence-electron chi connectivity index (χ2n) is 3.19. The first-order valence-electron chi connectivity index (χ1n) is 5.00. The van der Waals surface area contributed by atoms with Gasteiger partial charge in [-0.25, -0.2) is 0 Å². The maximum atomic E-state index is 10.0. The lowest BCUT2D eigenvalue weighted by atomic mass is 10.3. The molecule has 0 unspecified atom stereocenters. The largest absolute Gasteiger partial charge is 0.269 e. The van der Waals surface area contributed by atoms with Crippen molar-refractivity contribution in [3.8, 4) is 0 Å². The van der Waals surface area contributed by atoms with E-state index in [4.69, 9.17) is 0 Å². The number of non-ortho nitro benzene ring substituents is 2. The Bertz CT molecular complexity index is 474. The van der Waals surface area contributed by atoms with Crippen molar-refractivity contribution < 1.29 is 9.85 Å². The first-order chi connectivity index (χ1) is 8.61. The van der Waals surface area contributed by atoms with E-state index in [1.165, 1.54) is 24.3 Å².